The molecule has 2 aliphatic heterocycles. The van der Waals surface area contributed by atoms with Gasteiger partial charge in [-0.15, -0.1) is 11.8 Å². The third kappa shape index (κ3) is 5.70. The van der Waals surface area contributed by atoms with E-state index in [2.05, 4.69) is 12.2 Å². The lowest BCUT2D eigenvalue weighted by Crippen LogP contribution is -3.16. The average molecular weight is 491 g/mol. The van der Waals surface area contributed by atoms with Crippen LogP contribution in [0.25, 0.3) is 0 Å². The molecular weight excluding hydrogens is 461 g/mol. The molecule has 0 radical (unpaired) electrons. The van der Waals surface area contributed by atoms with Crippen LogP contribution in [0.4, 0.5) is 10.1 Å². The molecule has 0 aromatic heterocycles. The van der Waals surface area contributed by atoms with Crippen molar-refractivity contribution in [1.82, 2.24) is 5.32 Å². The summed E-state index contributed by atoms with van der Waals surface area (Å²) in [7, 11) is 0. The van der Waals surface area contributed by atoms with E-state index in [1.165, 1.54) is 48.5 Å². The fourth-order valence-electron chi connectivity index (χ4n) is 4.60. The topological polar surface area (TPSA) is 53.9 Å². The molecule has 0 saturated carbocycles. The van der Waals surface area contributed by atoms with Crippen LogP contribution in [0.1, 0.15) is 48.5 Å². The SMILES string of the molecule is CC1CCCC[NH+]1CCCNC(=O)c1ccc2c(c1)N(Cc1c(F)cccc1Cl)C(=O)CS2. The van der Waals surface area contributed by atoms with E-state index in [9.17, 15) is 14.0 Å². The summed E-state index contributed by atoms with van der Waals surface area (Å²) >= 11 is 7.62. The van der Waals surface area contributed by atoms with E-state index in [0.29, 0.717) is 23.8 Å². The lowest BCUT2D eigenvalue weighted by Gasteiger charge is -2.30. The number of carbonyl (C=O) groups excluding carboxylic acids is 2. The number of thioether (sulfide) groups is 1. The summed E-state index contributed by atoms with van der Waals surface area (Å²) in [6.45, 7) is 5.23. The highest BCUT2D eigenvalue weighted by Gasteiger charge is 2.27. The molecular formula is C25H30ClFN3O2S+. The van der Waals surface area contributed by atoms with Crippen molar-refractivity contribution in [2.45, 2.75) is 50.1 Å². The van der Waals surface area contributed by atoms with Crippen molar-refractivity contribution in [3.63, 3.8) is 0 Å². The first-order chi connectivity index (χ1) is 15.9. The lowest BCUT2D eigenvalue weighted by atomic mass is 10.0. The minimum absolute atomic E-state index is 0.0275. The van der Waals surface area contributed by atoms with E-state index in [-0.39, 0.29) is 34.7 Å². The van der Waals surface area contributed by atoms with Crippen LogP contribution < -0.4 is 15.1 Å². The minimum Gasteiger partial charge on any atom is -0.352 e. The number of fused-ring (bicyclic) bond motifs is 1. The van der Waals surface area contributed by atoms with E-state index < -0.39 is 5.82 Å². The first-order valence-electron chi connectivity index (χ1n) is 11.6. The third-order valence-corrected chi connectivity index (χ3v) is 7.99. The summed E-state index contributed by atoms with van der Waals surface area (Å²) < 4.78 is 14.4. The van der Waals surface area contributed by atoms with Gasteiger partial charge in [0.2, 0.25) is 5.91 Å². The molecule has 2 N–H and O–H groups in total. The number of halogens is 2. The van der Waals surface area contributed by atoms with Gasteiger partial charge in [-0.3, -0.25) is 9.59 Å². The molecule has 2 amide bonds. The second-order valence-corrected chi connectivity index (χ2v) is 10.2. The summed E-state index contributed by atoms with van der Waals surface area (Å²) in [5.74, 6) is -0.481. The van der Waals surface area contributed by atoms with E-state index in [1.54, 1.807) is 29.2 Å². The molecule has 2 aromatic rings. The molecule has 0 spiro atoms. The standard InChI is InChI=1S/C25H29ClFN3O2S/c1-17-6-2-3-12-29(17)13-5-11-28-25(32)18-9-10-23-22(14-18)30(24(31)16-33-23)15-19-20(26)7-4-8-21(19)27/h4,7-10,14,17H,2-3,5-6,11-13,15-16H2,1H3,(H,28,32)/p+1. The van der Waals surface area contributed by atoms with Crippen LogP contribution in [0.15, 0.2) is 41.3 Å². The average Bonchev–Trinajstić information content (AvgIpc) is 2.81. The molecule has 2 atom stereocenters. The normalized spacial score (nSPS) is 20.5. The summed E-state index contributed by atoms with van der Waals surface area (Å²) in [4.78, 5) is 29.5. The quantitative estimate of drug-likeness (QED) is 0.582. The molecule has 2 unspecified atom stereocenters. The van der Waals surface area contributed by atoms with E-state index >= 15 is 0 Å². The van der Waals surface area contributed by atoms with E-state index in [1.807, 2.05) is 6.07 Å². The maximum atomic E-state index is 14.4. The number of amides is 2. The smallest absolute Gasteiger partial charge is 0.251 e. The van der Waals surface area contributed by atoms with Gasteiger partial charge in [0.1, 0.15) is 5.82 Å². The number of likely N-dealkylation sites (tertiary alicyclic amines) is 1. The number of nitrogens with one attached hydrogen (secondary N) is 2. The predicted molar refractivity (Wildman–Crippen MR) is 131 cm³/mol. The van der Waals surface area contributed by atoms with Gasteiger partial charge in [0.15, 0.2) is 0 Å². The van der Waals surface area contributed by atoms with Gasteiger partial charge in [-0.1, -0.05) is 17.7 Å². The van der Waals surface area contributed by atoms with E-state index in [0.717, 1.165) is 17.9 Å². The summed E-state index contributed by atoms with van der Waals surface area (Å²) in [5, 5.41) is 3.29. The highest BCUT2D eigenvalue weighted by molar-refractivity contribution is 8.00. The second-order valence-electron chi connectivity index (χ2n) is 8.82. The van der Waals surface area contributed by atoms with Crippen LogP contribution in [0.5, 0.6) is 0 Å². The van der Waals surface area contributed by atoms with Gasteiger partial charge in [0.25, 0.3) is 5.91 Å². The van der Waals surface area contributed by atoms with Crippen LogP contribution in [0, 0.1) is 5.82 Å². The third-order valence-electron chi connectivity index (χ3n) is 6.58. The molecule has 2 aliphatic rings. The van der Waals surface area contributed by atoms with Crippen LogP contribution >= 0.6 is 23.4 Å². The minimum atomic E-state index is -0.450. The maximum Gasteiger partial charge on any atom is 0.251 e. The second kappa shape index (κ2) is 10.9. The molecule has 5 nitrogen and oxygen atoms in total. The molecule has 2 aromatic carbocycles. The van der Waals surface area contributed by atoms with Gasteiger partial charge in [0.05, 0.1) is 37.1 Å². The molecule has 1 fully saturated rings. The first-order valence-corrected chi connectivity index (χ1v) is 12.9. The zero-order valence-electron chi connectivity index (χ0n) is 18.8. The van der Waals surface area contributed by atoms with Crippen molar-refractivity contribution >= 4 is 40.9 Å². The van der Waals surface area contributed by atoms with Crippen molar-refractivity contribution in [1.29, 1.82) is 0 Å². The first kappa shape index (κ1) is 24.0. The van der Waals surface area contributed by atoms with Gasteiger partial charge >= 0.3 is 0 Å². The lowest BCUT2D eigenvalue weighted by molar-refractivity contribution is -0.928. The summed E-state index contributed by atoms with van der Waals surface area (Å²) in [6, 6.07) is 10.5. The van der Waals surface area contributed by atoms with Crippen LogP contribution in [-0.4, -0.2) is 43.2 Å². The largest absolute Gasteiger partial charge is 0.352 e. The molecule has 1 saturated heterocycles. The fraction of sp³-hybridized carbons (Fsp3) is 0.440. The molecule has 4 rings (SSSR count). The Bertz CT molecular complexity index is 1010. The van der Waals surface area contributed by atoms with Crippen LogP contribution in [0.2, 0.25) is 5.02 Å². The molecule has 176 valence electrons. The Morgan fingerprint density at radius 2 is 2.15 bits per heavy atom. The molecule has 2 heterocycles. The number of carbonyl (C=O) groups is 2. The number of hydrogen-bond donors (Lipinski definition) is 2. The molecule has 0 bridgehead atoms. The summed E-state index contributed by atoms with van der Waals surface area (Å²) in [6.07, 6.45) is 4.82. The van der Waals surface area contributed by atoms with E-state index in [4.69, 9.17) is 11.6 Å². The van der Waals surface area contributed by atoms with Crippen molar-refractivity contribution in [2.24, 2.45) is 0 Å². The number of anilines is 1. The molecule has 0 aliphatic carbocycles. The highest BCUT2D eigenvalue weighted by Crippen LogP contribution is 2.37. The zero-order chi connectivity index (χ0) is 23.4. The summed E-state index contributed by atoms with van der Waals surface area (Å²) in [5.41, 5.74) is 1.39. The fourth-order valence-corrected chi connectivity index (χ4v) is 5.74. The van der Waals surface area contributed by atoms with Crippen LogP contribution in [0.3, 0.4) is 0 Å². The Labute approximate surface area is 203 Å². The Kier molecular flexibility index (Phi) is 7.94. The number of nitrogens with zero attached hydrogens (tertiary/aromatic N) is 1. The van der Waals surface area contributed by atoms with Crippen molar-refractivity contribution in [2.75, 3.05) is 30.3 Å². The van der Waals surface area contributed by atoms with Crippen molar-refractivity contribution in [3.8, 4) is 0 Å². The van der Waals surface area contributed by atoms with Gasteiger partial charge in [-0.05, 0) is 56.5 Å². The van der Waals surface area contributed by atoms with Gasteiger partial charge in [-0.25, -0.2) is 4.39 Å². The Morgan fingerprint density at radius 3 is 2.94 bits per heavy atom. The van der Waals surface area contributed by atoms with Gasteiger partial charge in [-0.2, -0.15) is 0 Å². The number of hydrogen-bond acceptors (Lipinski definition) is 3. The number of quaternary nitrogens is 1. The van der Waals surface area contributed by atoms with Crippen molar-refractivity contribution < 1.29 is 18.9 Å². The van der Waals surface area contributed by atoms with Crippen LogP contribution in [-0.2, 0) is 11.3 Å². The zero-order valence-corrected chi connectivity index (χ0v) is 20.4. The van der Waals surface area contributed by atoms with Gasteiger partial charge in [0, 0.05) is 34.0 Å². The highest BCUT2D eigenvalue weighted by atomic mass is 35.5. The number of rotatable bonds is 7. The van der Waals surface area contributed by atoms with Gasteiger partial charge < -0.3 is 15.1 Å². The Hall–Kier alpha value is -2.09. The monoisotopic (exact) mass is 490 g/mol. The Morgan fingerprint density at radius 1 is 1.30 bits per heavy atom. The predicted octanol–water partition coefficient (Wildman–Crippen LogP) is 3.70. The molecule has 33 heavy (non-hydrogen) atoms. The number of benzene rings is 2. The number of piperidine rings is 1. The van der Waals surface area contributed by atoms with Crippen molar-refractivity contribution in [3.05, 3.63) is 58.4 Å². The Balaban J connectivity index is 1.42. The molecule has 8 heteroatoms. The maximum absolute atomic E-state index is 14.4.